The molecule has 8 heteroatoms. The van der Waals surface area contributed by atoms with Gasteiger partial charge in [0.25, 0.3) is 0 Å². The van der Waals surface area contributed by atoms with Gasteiger partial charge in [0.15, 0.2) is 0 Å². The number of ether oxygens (including phenoxy) is 1. The highest BCUT2D eigenvalue weighted by atomic mass is 35.5. The highest BCUT2D eigenvalue weighted by Crippen LogP contribution is 2.26. The lowest BCUT2D eigenvalue weighted by atomic mass is 9.95. The van der Waals surface area contributed by atoms with Crippen molar-refractivity contribution in [2.45, 2.75) is 19.4 Å². The minimum absolute atomic E-state index is 0.100. The molecule has 2 aliphatic rings. The van der Waals surface area contributed by atoms with Gasteiger partial charge in [0.05, 0.1) is 12.1 Å². The van der Waals surface area contributed by atoms with Crippen LogP contribution in [0.25, 0.3) is 0 Å². The van der Waals surface area contributed by atoms with Gasteiger partial charge in [0, 0.05) is 68.5 Å². The van der Waals surface area contributed by atoms with E-state index in [0.29, 0.717) is 16.0 Å². The van der Waals surface area contributed by atoms with E-state index in [4.69, 9.17) is 27.9 Å². The number of carbonyl (C=O) groups is 1. The lowest BCUT2D eigenvalue weighted by molar-refractivity contribution is -0.138. The summed E-state index contributed by atoms with van der Waals surface area (Å²) < 4.78 is 5.46. The second kappa shape index (κ2) is 10.1. The topological polar surface area (TPSA) is 48.9 Å². The Morgan fingerprint density at radius 1 is 1.03 bits per heavy atom. The molecule has 6 nitrogen and oxygen atoms in total. The van der Waals surface area contributed by atoms with Gasteiger partial charge in [-0.15, -0.1) is 0 Å². The normalized spacial score (nSPS) is 18.3. The van der Waals surface area contributed by atoms with Gasteiger partial charge in [-0.2, -0.15) is 0 Å². The molecule has 0 bridgehead atoms. The van der Waals surface area contributed by atoms with E-state index in [2.05, 4.69) is 14.8 Å². The Hall–Kier alpha value is -2.02. The highest BCUT2D eigenvalue weighted by Gasteiger charge is 2.31. The number of carbonyl (C=O) groups excluding carboxylic acids is 1. The number of hydrogen-bond donors (Lipinski definition) is 0. The van der Waals surface area contributed by atoms with Gasteiger partial charge in [0.2, 0.25) is 5.91 Å². The van der Waals surface area contributed by atoms with Crippen LogP contribution < -0.4 is 9.64 Å². The maximum Gasteiger partial charge on any atom is 0.225 e. The zero-order chi connectivity index (χ0) is 21.8. The second-order valence-electron chi connectivity index (χ2n) is 8.15. The highest BCUT2D eigenvalue weighted by molar-refractivity contribution is 6.30. The predicted octanol–water partition coefficient (Wildman–Crippen LogP) is 3.96. The van der Waals surface area contributed by atoms with Gasteiger partial charge in [-0.3, -0.25) is 9.69 Å². The van der Waals surface area contributed by atoms with E-state index in [9.17, 15) is 4.79 Å². The summed E-state index contributed by atoms with van der Waals surface area (Å²) in [6, 6.07) is 9.51. The number of rotatable bonds is 5. The molecule has 2 saturated heterocycles. The molecule has 31 heavy (non-hydrogen) atoms. The molecule has 1 amide bonds. The summed E-state index contributed by atoms with van der Waals surface area (Å²) >= 11 is 12.1. The number of piperidine rings is 1. The van der Waals surface area contributed by atoms with Crippen LogP contribution in [0.1, 0.15) is 18.4 Å². The van der Waals surface area contributed by atoms with Crippen LogP contribution in [0.5, 0.6) is 5.75 Å². The van der Waals surface area contributed by atoms with Gasteiger partial charge in [-0.25, -0.2) is 4.98 Å². The van der Waals surface area contributed by atoms with Crippen molar-refractivity contribution in [2.24, 2.45) is 5.92 Å². The molecule has 0 atom stereocenters. The van der Waals surface area contributed by atoms with E-state index in [0.717, 1.165) is 75.8 Å². The van der Waals surface area contributed by atoms with Crippen molar-refractivity contribution in [3.63, 3.8) is 0 Å². The number of nitrogens with zero attached hydrogens (tertiary/aromatic N) is 4. The van der Waals surface area contributed by atoms with Crippen LogP contribution in [0.2, 0.25) is 10.0 Å². The Labute approximate surface area is 193 Å². The van der Waals surface area contributed by atoms with Crippen LogP contribution in [0.3, 0.4) is 0 Å². The van der Waals surface area contributed by atoms with E-state index in [-0.39, 0.29) is 5.92 Å². The van der Waals surface area contributed by atoms with E-state index in [1.54, 1.807) is 13.3 Å². The van der Waals surface area contributed by atoms with Crippen molar-refractivity contribution in [3.05, 3.63) is 52.1 Å². The molecular formula is C23H28Cl2N4O2. The standard InChI is InChI=1S/C23H28Cl2N4O2/c1-31-21-4-2-19(24)14-18(21)16-27-10-12-29(13-11-27)23(30)17-6-8-28(9-7-17)22-5-3-20(25)15-26-22/h2-5,14-15,17H,6-13,16H2,1H3. The summed E-state index contributed by atoms with van der Waals surface area (Å²) in [6.45, 7) is 5.71. The molecule has 2 aliphatic heterocycles. The molecule has 3 heterocycles. The predicted molar refractivity (Wildman–Crippen MR) is 124 cm³/mol. The van der Waals surface area contributed by atoms with Crippen LogP contribution in [-0.2, 0) is 11.3 Å². The molecule has 1 aromatic heterocycles. The van der Waals surface area contributed by atoms with Gasteiger partial charge in [-0.1, -0.05) is 23.2 Å². The fourth-order valence-electron chi connectivity index (χ4n) is 4.41. The average molecular weight is 463 g/mol. The summed E-state index contributed by atoms with van der Waals surface area (Å²) in [6.07, 6.45) is 3.40. The number of halogens is 2. The number of methoxy groups -OCH3 is 1. The molecule has 0 N–H and O–H groups in total. The van der Waals surface area contributed by atoms with Crippen molar-refractivity contribution in [1.82, 2.24) is 14.8 Å². The zero-order valence-electron chi connectivity index (χ0n) is 17.8. The smallest absolute Gasteiger partial charge is 0.225 e. The summed E-state index contributed by atoms with van der Waals surface area (Å²) in [4.78, 5) is 24.1. The number of amides is 1. The fraction of sp³-hybridized carbons (Fsp3) is 0.478. The van der Waals surface area contributed by atoms with Crippen LogP contribution in [-0.4, -0.2) is 67.1 Å². The third-order valence-electron chi connectivity index (χ3n) is 6.20. The maximum atomic E-state index is 13.1. The Kier molecular flexibility index (Phi) is 7.20. The molecule has 4 rings (SSSR count). The third-order valence-corrected chi connectivity index (χ3v) is 6.66. The molecule has 0 unspecified atom stereocenters. The van der Waals surface area contributed by atoms with E-state index < -0.39 is 0 Å². The largest absolute Gasteiger partial charge is 0.496 e. The molecule has 1 aromatic carbocycles. The summed E-state index contributed by atoms with van der Waals surface area (Å²) in [5, 5.41) is 1.35. The number of anilines is 1. The minimum atomic E-state index is 0.100. The number of benzene rings is 1. The van der Waals surface area contributed by atoms with E-state index in [1.165, 1.54) is 0 Å². The van der Waals surface area contributed by atoms with Crippen molar-refractivity contribution < 1.29 is 9.53 Å². The van der Waals surface area contributed by atoms with Gasteiger partial charge >= 0.3 is 0 Å². The Balaban J connectivity index is 1.26. The second-order valence-corrected chi connectivity index (χ2v) is 9.03. The zero-order valence-corrected chi connectivity index (χ0v) is 19.3. The van der Waals surface area contributed by atoms with Crippen molar-refractivity contribution in [1.29, 1.82) is 0 Å². The number of aromatic nitrogens is 1. The molecular weight excluding hydrogens is 435 g/mol. The number of hydrogen-bond acceptors (Lipinski definition) is 5. The van der Waals surface area contributed by atoms with Crippen molar-refractivity contribution >= 4 is 34.9 Å². The first-order valence-corrected chi connectivity index (χ1v) is 11.5. The molecule has 0 spiro atoms. The van der Waals surface area contributed by atoms with E-state index in [1.807, 2.05) is 35.2 Å². The quantitative estimate of drug-likeness (QED) is 0.672. The molecule has 0 aliphatic carbocycles. The minimum Gasteiger partial charge on any atom is -0.496 e. The molecule has 2 fully saturated rings. The average Bonchev–Trinajstić information content (AvgIpc) is 2.80. The molecule has 2 aromatic rings. The monoisotopic (exact) mass is 462 g/mol. The van der Waals surface area contributed by atoms with Crippen LogP contribution in [0.15, 0.2) is 36.5 Å². The summed E-state index contributed by atoms with van der Waals surface area (Å²) in [5.41, 5.74) is 1.08. The van der Waals surface area contributed by atoms with Crippen LogP contribution in [0, 0.1) is 5.92 Å². The number of pyridine rings is 1. The first kappa shape index (κ1) is 22.2. The van der Waals surface area contributed by atoms with Crippen molar-refractivity contribution in [3.8, 4) is 5.75 Å². The van der Waals surface area contributed by atoms with Crippen LogP contribution in [0.4, 0.5) is 5.82 Å². The SMILES string of the molecule is COc1ccc(Cl)cc1CN1CCN(C(=O)C2CCN(c3ccc(Cl)cn3)CC2)CC1. The summed E-state index contributed by atoms with van der Waals surface area (Å²) in [5.74, 6) is 2.18. The Morgan fingerprint density at radius 2 is 1.74 bits per heavy atom. The van der Waals surface area contributed by atoms with Crippen LogP contribution >= 0.6 is 23.2 Å². The maximum absolute atomic E-state index is 13.1. The van der Waals surface area contributed by atoms with Gasteiger partial charge < -0.3 is 14.5 Å². The molecule has 166 valence electrons. The van der Waals surface area contributed by atoms with E-state index >= 15 is 0 Å². The molecule has 0 radical (unpaired) electrons. The lowest BCUT2D eigenvalue weighted by Gasteiger charge is -2.39. The lowest BCUT2D eigenvalue weighted by Crippen LogP contribution is -2.51. The first-order valence-electron chi connectivity index (χ1n) is 10.7. The molecule has 0 saturated carbocycles. The first-order chi connectivity index (χ1) is 15.0. The Morgan fingerprint density at radius 3 is 2.39 bits per heavy atom. The Bertz CT molecular complexity index is 893. The van der Waals surface area contributed by atoms with Gasteiger partial charge in [-0.05, 0) is 43.2 Å². The fourth-order valence-corrected chi connectivity index (χ4v) is 4.71. The third kappa shape index (κ3) is 5.43. The van der Waals surface area contributed by atoms with Crippen molar-refractivity contribution in [2.75, 3.05) is 51.3 Å². The number of piperazine rings is 1. The summed E-state index contributed by atoms with van der Waals surface area (Å²) in [7, 11) is 1.68. The van der Waals surface area contributed by atoms with Gasteiger partial charge in [0.1, 0.15) is 11.6 Å².